The summed E-state index contributed by atoms with van der Waals surface area (Å²) >= 11 is 0. The monoisotopic (exact) mass is 280 g/mol. The van der Waals surface area contributed by atoms with Crippen LogP contribution in [0.25, 0.3) is 0 Å². The molecule has 0 radical (unpaired) electrons. The largest absolute Gasteiger partial charge is 0.353 e. The van der Waals surface area contributed by atoms with Gasteiger partial charge < -0.3 is 5.32 Å². The molecule has 0 saturated heterocycles. The van der Waals surface area contributed by atoms with Crippen LogP contribution >= 0.6 is 0 Å². The highest BCUT2D eigenvalue weighted by atomic mass is 16.6. The van der Waals surface area contributed by atoms with Crippen LogP contribution in [0.2, 0.25) is 0 Å². The fraction of sp³-hybridized carbons (Fsp3) is 0.692. The summed E-state index contributed by atoms with van der Waals surface area (Å²) in [7, 11) is 0. The van der Waals surface area contributed by atoms with E-state index in [0.717, 1.165) is 12.8 Å². The van der Waals surface area contributed by atoms with Crippen LogP contribution in [0.5, 0.6) is 0 Å². The Kier molecular flexibility index (Phi) is 4.70. The zero-order valence-electron chi connectivity index (χ0n) is 11.6. The van der Waals surface area contributed by atoms with Crippen LogP contribution in [-0.4, -0.2) is 26.7 Å². The third-order valence-corrected chi connectivity index (χ3v) is 3.69. The summed E-state index contributed by atoms with van der Waals surface area (Å²) in [5.41, 5.74) is -0.0510. The van der Waals surface area contributed by atoms with Crippen molar-refractivity contribution in [1.82, 2.24) is 15.1 Å². The van der Waals surface area contributed by atoms with E-state index in [0.29, 0.717) is 6.54 Å². The Hall–Kier alpha value is -1.92. The molecule has 1 atom stereocenters. The minimum Gasteiger partial charge on any atom is -0.353 e. The maximum atomic E-state index is 12.1. The first-order valence-corrected chi connectivity index (χ1v) is 7.03. The molecular formula is C13H20N4O3. The average molecular weight is 280 g/mol. The smallest absolute Gasteiger partial charge is 0.306 e. The predicted octanol–water partition coefficient (Wildman–Crippen LogP) is 1.88. The number of nitrogens with one attached hydrogen (secondary N) is 1. The Bertz CT molecular complexity index is 480. The van der Waals surface area contributed by atoms with Crippen LogP contribution in [0.3, 0.4) is 0 Å². The Morgan fingerprint density at radius 1 is 1.55 bits per heavy atom. The van der Waals surface area contributed by atoms with Crippen LogP contribution in [0.4, 0.5) is 5.69 Å². The Morgan fingerprint density at radius 2 is 2.25 bits per heavy atom. The third-order valence-electron chi connectivity index (χ3n) is 3.69. The highest BCUT2D eigenvalue weighted by molar-refractivity contribution is 5.78. The molecule has 1 unspecified atom stereocenters. The third kappa shape index (κ3) is 3.79. The molecule has 1 saturated carbocycles. The normalized spacial score (nSPS) is 17.6. The Morgan fingerprint density at radius 3 is 2.85 bits per heavy atom. The van der Waals surface area contributed by atoms with Gasteiger partial charge in [0.1, 0.15) is 12.4 Å². The van der Waals surface area contributed by atoms with E-state index in [1.165, 1.54) is 36.3 Å². The SMILES string of the molecule is CC(Cn1cc([N+](=O)[O-])cn1)C(=O)NC1CCCCC1. The first-order chi connectivity index (χ1) is 9.56. The van der Waals surface area contributed by atoms with Crippen LogP contribution in [0.1, 0.15) is 39.0 Å². The van der Waals surface area contributed by atoms with Crippen molar-refractivity contribution in [1.29, 1.82) is 0 Å². The second-order valence-electron chi connectivity index (χ2n) is 5.42. The van der Waals surface area contributed by atoms with Crippen molar-refractivity contribution in [2.45, 2.75) is 51.6 Å². The van der Waals surface area contributed by atoms with Gasteiger partial charge in [0.15, 0.2) is 0 Å². The van der Waals surface area contributed by atoms with E-state index in [4.69, 9.17) is 0 Å². The van der Waals surface area contributed by atoms with E-state index in [2.05, 4.69) is 10.4 Å². The molecule has 1 N–H and O–H groups in total. The molecule has 0 aromatic carbocycles. The van der Waals surface area contributed by atoms with Crippen LogP contribution in [0, 0.1) is 16.0 Å². The second kappa shape index (κ2) is 6.49. The average Bonchev–Trinajstić information content (AvgIpc) is 2.88. The lowest BCUT2D eigenvalue weighted by Gasteiger charge is -2.24. The summed E-state index contributed by atoms with van der Waals surface area (Å²) in [6.07, 6.45) is 8.24. The lowest BCUT2D eigenvalue weighted by molar-refractivity contribution is -0.385. The molecule has 7 heteroatoms. The number of rotatable bonds is 5. The zero-order chi connectivity index (χ0) is 14.5. The second-order valence-corrected chi connectivity index (χ2v) is 5.42. The summed E-state index contributed by atoms with van der Waals surface area (Å²) in [4.78, 5) is 22.1. The molecule has 20 heavy (non-hydrogen) atoms. The molecule has 1 aliphatic rings. The maximum absolute atomic E-state index is 12.1. The maximum Gasteiger partial charge on any atom is 0.306 e. The van der Waals surface area contributed by atoms with Gasteiger partial charge in [0.25, 0.3) is 0 Å². The number of carbonyl (C=O) groups is 1. The molecule has 1 fully saturated rings. The van der Waals surface area contributed by atoms with Gasteiger partial charge in [0.05, 0.1) is 17.4 Å². The van der Waals surface area contributed by atoms with E-state index in [-0.39, 0.29) is 23.6 Å². The van der Waals surface area contributed by atoms with Crippen molar-refractivity contribution in [3.8, 4) is 0 Å². The molecule has 0 bridgehead atoms. The van der Waals surface area contributed by atoms with Crippen LogP contribution in [0.15, 0.2) is 12.4 Å². The van der Waals surface area contributed by atoms with E-state index < -0.39 is 4.92 Å². The van der Waals surface area contributed by atoms with E-state index in [1.54, 1.807) is 0 Å². The van der Waals surface area contributed by atoms with E-state index in [1.807, 2.05) is 6.92 Å². The number of nitrogens with zero attached hydrogens (tertiary/aromatic N) is 3. The van der Waals surface area contributed by atoms with Gasteiger partial charge in [-0.05, 0) is 12.8 Å². The fourth-order valence-corrected chi connectivity index (χ4v) is 2.50. The quantitative estimate of drug-likeness (QED) is 0.658. The molecule has 7 nitrogen and oxygen atoms in total. The number of aromatic nitrogens is 2. The van der Waals surface area contributed by atoms with Gasteiger partial charge in [-0.25, -0.2) is 0 Å². The molecular weight excluding hydrogens is 260 g/mol. The molecule has 1 aromatic rings. The van der Waals surface area contributed by atoms with Gasteiger partial charge in [-0.2, -0.15) is 5.10 Å². The summed E-state index contributed by atoms with van der Waals surface area (Å²) in [5.74, 6) is -0.258. The first kappa shape index (κ1) is 14.5. The molecule has 1 amide bonds. The van der Waals surface area contributed by atoms with Crippen molar-refractivity contribution < 1.29 is 9.72 Å². The highest BCUT2D eigenvalue weighted by Gasteiger charge is 2.20. The molecule has 2 rings (SSSR count). The van der Waals surface area contributed by atoms with Crippen molar-refractivity contribution in [3.63, 3.8) is 0 Å². The van der Waals surface area contributed by atoms with Crippen molar-refractivity contribution in [2.75, 3.05) is 0 Å². The van der Waals surface area contributed by atoms with E-state index in [9.17, 15) is 14.9 Å². The van der Waals surface area contributed by atoms with E-state index >= 15 is 0 Å². The zero-order valence-corrected chi connectivity index (χ0v) is 11.6. The van der Waals surface area contributed by atoms with Crippen molar-refractivity contribution >= 4 is 11.6 Å². The van der Waals surface area contributed by atoms with Gasteiger partial charge in [-0.15, -0.1) is 0 Å². The molecule has 110 valence electrons. The fourth-order valence-electron chi connectivity index (χ4n) is 2.50. The Balaban J connectivity index is 1.84. The number of nitro groups is 1. The summed E-state index contributed by atoms with van der Waals surface area (Å²) in [6.45, 7) is 2.16. The van der Waals surface area contributed by atoms with Gasteiger partial charge in [0.2, 0.25) is 5.91 Å². The molecule has 0 aliphatic heterocycles. The molecule has 0 spiro atoms. The summed E-state index contributed by atoms with van der Waals surface area (Å²) in [6, 6.07) is 0.283. The predicted molar refractivity (Wildman–Crippen MR) is 73.1 cm³/mol. The topological polar surface area (TPSA) is 90.1 Å². The lowest BCUT2D eigenvalue weighted by atomic mass is 9.95. The molecule has 1 aliphatic carbocycles. The Labute approximate surface area is 117 Å². The van der Waals surface area contributed by atoms with Crippen LogP contribution in [-0.2, 0) is 11.3 Å². The summed E-state index contributed by atoms with van der Waals surface area (Å²) in [5, 5.41) is 17.5. The number of amides is 1. The minimum atomic E-state index is -0.490. The molecule has 1 heterocycles. The van der Waals surface area contributed by atoms with Gasteiger partial charge in [-0.3, -0.25) is 19.6 Å². The molecule has 1 aromatic heterocycles. The van der Waals surface area contributed by atoms with Gasteiger partial charge >= 0.3 is 5.69 Å². The lowest BCUT2D eigenvalue weighted by Crippen LogP contribution is -2.40. The first-order valence-electron chi connectivity index (χ1n) is 7.03. The van der Waals surface area contributed by atoms with Crippen LogP contribution < -0.4 is 5.32 Å². The number of hydrogen-bond donors (Lipinski definition) is 1. The highest BCUT2D eigenvalue weighted by Crippen LogP contribution is 2.18. The number of hydrogen-bond acceptors (Lipinski definition) is 4. The standard InChI is InChI=1S/C13H20N4O3/c1-10(8-16-9-12(7-14-16)17(19)20)13(18)15-11-5-3-2-4-6-11/h7,9-11H,2-6,8H2,1H3,(H,15,18). The van der Waals surface area contributed by atoms with Crippen molar-refractivity contribution in [3.05, 3.63) is 22.5 Å². The van der Waals surface area contributed by atoms with Crippen molar-refractivity contribution in [2.24, 2.45) is 5.92 Å². The van der Waals surface area contributed by atoms with Gasteiger partial charge in [-0.1, -0.05) is 26.2 Å². The summed E-state index contributed by atoms with van der Waals surface area (Å²) < 4.78 is 1.45. The van der Waals surface area contributed by atoms with Gasteiger partial charge in [0, 0.05) is 6.04 Å². The minimum absolute atomic E-state index is 0.00458. The number of carbonyl (C=O) groups excluding carboxylic acids is 1.